The molecule has 1 atom stereocenters. The SMILES string of the molecule is CCCNC(C#N)COc1cc(C)cc(C)c1C. The molecule has 0 aromatic heterocycles. The van der Waals surface area contributed by atoms with Gasteiger partial charge in [0.15, 0.2) is 0 Å². The summed E-state index contributed by atoms with van der Waals surface area (Å²) in [5.74, 6) is 0.881. The molecule has 0 aliphatic rings. The lowest BCUT2D eigenvalue weighted by Gasteiger charge is -2.15. The van der Waals surface area contributed by atoms with Crippen molar-refractivity contribution < 1.29 is 4.74 Å². The number of nitrogens with one attached hydrogen (secondary N) is 1. The van der Waals surface area contributed by atoms with Crippen LogP contribution in [0, 0.1) is 32.1 Å². The number of rotatable bonds is 6. The Balaban J connectivity index is 2.65. The van der Waals surface area contributed by atoms with Gasteiger partial charge in [-0.3, -0.25) is 5.32 Å². The van der Waals surface area contributed by atoms with Crippen LogP contribution in [-0.2, 0) is 0 Å². The molecule has 1 rings (SSSR count). The fourth-order valence-electron chi connectivity index (χ4n) is 1.78. The average molecular weight is 246 g/mol. The predicted molar refractivity (Wildman–Crippen MR) is 73.8 cm³/mol. The maximum atomic E-state index is 9.02. The molecule has 0 amide bonds. The zero-order valence-electron chi connectivity index (χ0n) is 11.7. The van der Waals surface area contributed by atoms with Crippen LogP contribution in [0.5, 0.6) is 5.75 Å². The first-order valence-corrected chi connectivity index (χ1v) is 6.42. The molecule has 0 saturated heterocycles. The average Bonchev–Trinajstić information content (AvgIpc) is 2.35. The zero-order chi connectivity index (χ0) is 13.5. The lowest BCUT2D eigenvalue weighted by Crippen LogP contribution is -2.33. The standard InChI is InChI=1S/C15H22N2O/c1-5-6-17-14(9-16)10-18-15-8-11(2)7-12(3)13(15)4/h7-8,14,17H,5-6,10H2,1-4H3. The van der Waals surface area contributed by atoms with Gasteiger partial charge >= 0.3 is 0 Å². The van der Waals surface area contributed by atoms with Gasteiger partial charge in [-0.15, -0.1) is 0 Å². The van der Waals surface area contributed by atoms with Crippen molar-refractivity contribution in [3.05, 3.63) is 28.8 Å². The third-order valence-corrected chi connectivity index (χ3v) is 2.97. The van der Waals surface area contributed by atoms with Gasteiger partial charge in [0.1, 0.15) is 18.4 Å². The molecule has 0 radical (unpaired) electrons. The van der Waals surface area contributed by atoms with Crippen LogP contribution in [0.25, 0.3) is 0 Å². The molecule has 3 heteroatoms. The van der Waals surface area contributed by atoms with Crippen LogP contribution in [0.1, 0.15) is 30.0 Å². The third-order valence-electron chi connectivity index (χ3n) is 2.97. The predicted octanol–water partition coefficient (Wildman–Crippen LogP) is 2.88. The Morgan fingerprint density at radius 2 is 2.06 bits per heavy atom. The molecule has 0 spiro atoms. The summed E-state index contributed by atoms with van der Waals surface area (Å²) in [4.78, 5) is 0. The van der Waals surface area contributed by atoms with Gasteiger partial charge in [-0.25, -0.2) is 0 Å². The Labute approximate surface area is 110 Å². The van der Waals surface area contributed by atoms with Crippen molar-refractivity contribution in [2.24, 2.45) is 0 Å². The first-order chi connectivity index (χ1) is 8.58. The van der Waals surface area contributed by atoms with Crippen LogP contribution < -0.4 is 10.1 Å². The van der Waals surface area contributed by atoms with E-state index < -0.39 is 0 Å². The van der Waals surface area contributed by atoms with Crippen LogP contribution in [0.4, 0.5) is 0 Å². The molecule has 1 unspecified atom stereocenters. The van der Waals surface area contributed by atoms with Crippen LogP contribution in [0.15, 0.2) is 12.1 Å². The lowest BCUT2D eigenvalue weighted by molar-refractivity contribution is 0.287. The molecule has 98 valence electrons. The van der Waals surface area contributed by atoms with E-state index >= 15 is 0 Å². The second kappa shape index (κ2) is 7.03. The summed E-state index contributed by atoms with van der Waals surface area (Å²) >= 11 is 0. The topological polar surface area (TPSA) is 45.0 Å². The summed E-state index contributed by atoms with van der Waals surface area (Å²) in [5.41, 5.74) is 3.55. The highest BCUT2D eigenvalue weighted by molar-refractivity contribution is 5.41. The molecule has 1 aromatic rings. The number of benzene rings is 1. The van der Waals surface area contributed by atoms with E-state index in [0.29, 0.717) is 6.61 Å². The summed E-state index contributed by atoms with van der Waals surface area (Å²) in [5, 5.41) is 12.2. The third kappa shape index (κ3) is 4.05. The highest BCUT2D eigenvalue weighted by Crippen LogP contribution is 2.23. The minimum absolute atomic E-state index is 0.245. The van der Waals surface area contributed by atoms with Gasteiger partial charge < -0.3 is 4.74 Å². The molecule has 0 fully saturated rings. The number of hydrogen-bond donors (Lipinski definition) is 1. The Morgan fingerprint density at radius 1 is 1.33 bits per heavy atom. The molecule has 18 heavy (non-hydrogen) atoms. The van der Waals surface area contributed by atoms with Crippen LogP contribution in [0.3, 0.4) is 0 Å². The van der Waals surface area contributed by atoms with E-state index in [1.54, 1.807) is 0 Å². The fraction of sp³-hybridized carbons (Fsp3) is 0.533. The van der Waals surface area contributed by atoms with Gasteiger partial charge in [0.05, 0.1) is 6.07 Å². The number of nitriles is 1. The second-order valence-corrected chi connectivity index (χ2v) is 4.65. The largest absolute Gasteiger partial charge is 0.491 e. The second-order valence-electron chi connectivity index (χ2n) is 4.65. The first-order valence-electron chi connectivity index (χ1n) is 6.42. The van der Waals surface area contributed by atoms with E-state index in [9.17, 15) is 0 Å². The van der Waals surface area contributed by atoms with Crippen molar-refractivity contribution in [3.63, 3.8) is 0 Å². The molecule has 0 aliphatic heterocycles. The Hall–Kier alpha value is -1.53. The van der Waals surface area contributed by atoms with Gasteiger partial charge in [0.2, 0.25) is 0 Å². The van der Waals surface area contributed by atoms with Gasteiger partial charge in [0, 0.05) is 0 Å². The maximum Gasteiger partial charge on any atom is 0.130 e. The number of ether oxygens (including phenoxy) is 1. The number of hydrogen-bond acceptors (Lipinski definition) is 3. The van der Waals surface area contributed by atoms with Crippen LogP contribution >= 0.6 is 0 Å². The molecule has 1 aromatic carbocycles. The molecule has 3 nitrogen and oxygen atoms in total. The summed E-state index contributed by atoms with van der Waals surface area (Å²) in [6.07, 6.45) is 1.01. The van der Waals surface area contributed by atoms with Crippen LogP contribution in [0.2, 0.25) is 0 Å². The normalized spacial score (nSPS) is 11.9. The van der Waals surface area contributed by atoms with Crippen molar-refractivity contribution in [2.75, 3.05) is 13.2 Å². The molecule has 0 aliphatic carbocycles. The zero-order valence-corrected chi connectivity index (χ0v) is 11.7. The minimum atomic E-state index is -0.245. The quantitative estimate of drug-likeness (QED) is 0.839. The van der Waals surface area contributed by atoms with Crippen molar-refractivity contribution in [3.8, 4) is 11.8 Å². The summed E-state index contributed by atoms with van der Waals surface area (Å²) in [6.45, 7) is 9.48. The van der Waals surface area contributed by atoms with Crippen molar-refractivity contribution in [2.45, 2.75) is 40.2 Å². The molecule has 0 heterocycles. The van der Waals surface area contributed by atoms with E-state index in [2.05, 4.69) is 38.2 Å². The van der Waals surface area contributed by atoms with E-state index in [1.807, 2.05) is 13.0 Å². The molecule has 0 saturated carbocycles. The van der Waals surface area contributed by atoms with E-state index in [1.165, 1.54) is 11.1 Å². The molecular formula is C15H22N2O. The molecule has 0 bridgehead atoms. The highest BCUT2D eigenvalue weighted by atomic mass is 16.5. The monoisotopic (exact) mass is 246 g/mol. The fourth-order valence-corrected chi connectivity index (χ4v) is 1.78. The highest BCUT2D eigenvalue weighted by Gasteiger charge is 2.09. The summed E-state index contributed by atoms with van der Waals surface area (Å²) in [7, 11) is 0. The maximum absolute atomic E-state index is 9.02. The lowest BCUT2D eigenvalue weighted by atomic mass is 10.1. The Bertz CT molecular complexity index is 435. The molecule has 1 N–H and O–H groups in total. The van der Waals surface area contributed by atoms with E-state index in [4.69, 9.17) is 10.00 Å². The van der Waals surface area contributed by atoms with Crippen molar-refractivity contribution in [1.29, 1.82) is 5.26 Å². The number of nitrogens with zero attached hydrogens (tertiary/aromatic N) is 1. The van der Waals surface area contributed by atoms with E-state index in [-0.39, 0.29) is 6.04 Å². The van der Waals surface area contributed by atoms with Gasteiger partial charge in [-0.05, 0) is 56.5 Å². The Kier molecular flexibility index (Phi) is 5.67. The van der Waals surface area contributed by atoms with Gasteiger partial charge in [0.25, 0.3) is 0 Å². The van der Waals surface area contributed by atoms with Gasteiger partial charge in [-0.2, -0.15) is 5.26 Å². The molecular weight excluding hydrogens is 224 g/mol. The minimum Gasteiger partial charge on any atom is -0.491 e. The van der Waals surface area contributed by atoms with Gasteiger partial charge in [-0.1, -0.05) is 13.0 Å². The summed E-state index contributed by atoms with van der Waals surface area (Å²) in [6, 6.07) is 6.14. The van der Waals surface area contributed by atoms with E-state index in [0.717, 1.165) is 24.3 Å². The van der Waals surface area contributed by atoms with Crippen molar-refractivity contribution >= 4 is 0 Å². The Morgan fingerprint density at radius 3 is 2.67 bits per heavy atom. The first kappa shape index (κ1) is 14.5. The summed E-state index contributed by atoms with van der Waals surface area (Å²) < 4.78 is 5.76. The van der Waals surface area contributed by atoms with Crippen LogP contribution in [-0.4, -0.2) is 19.2 Å². The number of aryl methyl sites for hydroxylation is 2. The smallest absolute Gasteiger partial charge is 0.130 e. The van der Waals surface area contributed by atoms with Crippen molar-refractivity contribution in [1.82, 2.24) is 5.32 Å².